The van der Waals surface area contributed by atoms with Gasteiger partial charge < -0.3 is 10.8 Å². The lowest BCUT2D eigenvalue weighted by Crippen LogP contribution is -2.18. The third-order valence-corrected chi connectivity index (χ3v) is 3.88. The van der Waals surface area contributed by atoms with E-state index >= 15 is 0 Å². The second-order valence-corrected chi connectivity index (χ2v) is 6.04. The molecule has 0 saturated heterocycles. The Kier molecular flexibility index (Phi) is 6.03. The summed E-state index contributed by atoms with van der Waals surface area (Å²) in [5, 5.41) is 9.05. The van der Waals surface area contributed by atoms with Gasteiger partial charge in [-0.15, -0.1) is 11.3 Å². The van der Waals surface area contributed by atoms with Crippen molar-refractivity contribution in [2.24, 2.45) is 17.6 Å². The number of aliphatic hydroxyl groups is 1. The first-order valence-electron chi connectivity index (χ1n) is 6.04. The molecule has 2 nitrogen and oxygen atoms in total. The number of aryl methyl sites for hydroxylation is 1. The van der Waals surface area contributed by atoms with Crippen molar-refractivity contribution < 1.29 is 5.11 Å². The van der Waals surface area contributed by atoms with Gasteiger partial charge in [-0.25, -0.2) is 0 Å². The van der Waals surface area contributed by atoms with E-state index in [0.717, 1.165) is 18.8 Å². The highest BCUT2D eigenvalue weighted by Gasteiger charge is 2.07. The molecule has 3 N–H and O–H groups in total. The zero-order valence-electron chi connectivity index (χ0n) is 10.3. The minimum absolute atomic E-state index is 0.209. The van der Waals surface area contributed by atoms with Crippen molar-refractivity contribution in [3.8, 4) is 0 Å². The third-order valence-electron chi connectivity index (χ3n) is 2.72. The summed E-state index contributed by atoms with van der Waals surface area (Å²) in [6.07, 6.45) is 3.21. The molecule has 1 aromatic heterocycles. The van der Waals surface area contributed by atoms with E-state index in [2.05, 4.69) is 26.0 Å². The first-order chi connectivity index (χ1) is 7.65. The van der Waals surface area contributed by atoms with Gasteiger partial charge in [0.15, 0.2) is 0 Å². The fraction of sp³-hybridized carbons (Fsp3) is 0.692. The predicted molar refractivity (Wildman–Crippen MR) is 70.8 cm³/mol. The van der Waals surface area contributed by atoms with Gasteiger partial charge in [-0.1, -0.05) is 13.8 Å². The van der Waals surface area contributed by atoms with Gasteiger partial charge in [0.25, 0.3) is 0 Å². The summed E-state index contributed by atoms with van der Waals surface area (Å²) in [4.78, 5) is 2.89. The average Bonchev–Trinajstić information content (AvgIpc) is 2.66. The van der Waals surface area contributed by atoms with Crippen LogP contribution in [0.3, 0.4) is 0 Å². The van der Waals surface area contributed by atoms with Crippen LogP contribution in [0.4, 0.5) is 0 Å². The van der Waals surface area contributed by atoms with E-state index in [9.17, 15) is 0 Å². The molecular formula is C13H23NOS. The molecule has 0 fully saturated rings. The normalized spacial score (nSPS) is 13.3. The number of hydrogen-bond acceptors (Lipinski definition) is 3. The Morgan fingerprint density at radius 1 is 1.31 bits per heavy atom. The second-order valence-electron chi connectivity index (χ2n) is 4.79. The van der Waals surface area contributed by atoms with E-state index in [-0.39, 0.29) is 12.5 Å². The average molecular weight is 241 g/mol. The zero-order chi connectivity index (χ0) is 12.0. The molecule has 1 heterocycles. The van der Waals surface area contributed by atoms with Crippen LogP contribution in [-0.2, 0) is 12.8 Å². The molecule has 0 amide bonds. The molecule has 1 atom stereocenters. The molecule has 1 aromatic rings. The first-order valence-corrected chi connectivity index (χ1v) is 6.85. The maximum absolute atomic E-state index is 9.05. The predicted octanol–water partition coefficient (Wildman–Crippen LogP) is 2.45. The zero-order valence-corrected chi connectivity index (χ0v) is 11.1. The van der Waals surface area contributed by atoms with Crippen LogP contribution in [0, 0.1) is 11.8 Å². The van der Waals surface area contributed by atoms with Crippen molar-refractivity contribution in [1.29, 1.82) is 0 Å². The van der Waals surface area contributed by atoms with Gasteiger partial charge >= 0.3 is 0 Å². The van der Waals surface area contributed by atoms with E-state index in [1.165, 1.54) is 16.2 Å². The molecule has 1 unspecified atom stereocenters. The van der Waals surface area contributed by atoms with E-state index in [4.69, 9.17) is 10.8 Å². The first kappa shape index (κ1) is 13.7. The lowest BCUT2D eigenvalue weighted by atomic mass is 10.0. The fourth-order valence-corrected chi connectivity index (χ4v) is 2.94. The van der Waals surface area contributed by atoms with Crippen LogP contribution in [0.2, 0.25) is 0 Å². The minimum Gasteiger partial charge on any atom is -0.396 e. The number of aliphatic hydroxyl groups excluding tert-OH is 1. The highest BCUT2D eigenvalue weighted by atomic mass is 32.1. The van der Waals surface area contributed by atoms with Gasteiger partial charge in [0.2, 0.25) is 0 Å². The standard InChI is InChI=1S/C13H23NOS/c1-10(2)7-13-6-5-12(16-13)4-3-11(8-14)9-15/h5-6,10-11,15H,3-4,7-9,14H2,1-2H3. The summed E-state index contributed by atoms with van der Waals surface area (Å²) >= 11 is 1.90. The molecule has 3 heteroatoms. The van der Waals surface area contributed by atoms with Gasteiger partial charge in [0.05, 0.1) is 0 Å². The summed E-state index contributed by atoms with van der Waals surface area (Å²) < 4.78 is 0. The Balaban J connectivity index is 2.39. The molecule has 1 rings (SSSR count). The molecule has 16 heavy (non-hydrogen) atoms. The van der Waals surface area contributed by atoms with Crippen molar-refractivity contribution in [3.63, 3.8) is 0 Å². The molecule has 0 spiro atoms. The number of rotatable bonds is 7. The lowest BCUT2D eigenvalue weighted by Gasteiger charge is -2.09. The number of nitrogens with two attached hydrogens (primary N) is 1. The summed E-state index contributed by atoms with van der Waals surface area (Å²) in [5.74, 6) is 0.983. The summed E-state index contributed by atoms with van der Waals surface area (Å²) in [5.41, 5.74) is 5.56. The molecule has 0 aliphatic carbocycles. The third kappa shape index (κ3) is 4.64. The summed E-state index contributed by atoms with van der Waals surface area (Å²) in [6.45, 7) is 5.28. The van der Waals surface area contributed by atoms with Crippen LogP contribution in [0.5, 0.6) is 0 Å². The molecule has 0 saturated carbocycles. The van der Waals surface area contributed by atoms with Gasteiger partial charge in [-0.05, 0) is 49.8 Å². The van der Waals surface area contributed by atoms with Crippen LogP contribution in [0.1, 0.15) is 30.0 Å². The van der Waals surface area contributed by atoms with Gasteiger partial charge in [-0.2, -0.15) is 0 Å². The minimum atomic E-state index is 0.209. The van der Waals surface area contributed by atoms with Gasteiger partial charge in [-0.3, -0.25) is 0 Å². The molecular weight excluding hydrogens is 218 g/mol. The maximum atomic E-state index is 9.05. The smallest absolute Gasteiger partial charge is 0.0471 e. The highest BCUT2D eigenvalue weighted by molar-refractivity contribution is 7.11. The van der Waals surface area contributed by atoms with E-state index in [0.29, 0.717) is 6.54 Å². The molecule has 0 radical (unpaired) electrons. The Hall–Kier alpha value is -0.380. The Bertz CT molecular complexity index is 292. The summed E-state index contributed by atoms with van der Waals surface area (Å²) in [6, 6.07) is 4.45. The fourth-order valence-electron chi connectivity index (χ4n) is 1.70. The lowest BCUT2D eigenvalue weighted by molar-refractivity contribution is 0.223. The largest absolute Gasteiger partial charge is 0.396 e. The van der Waals surface area contributed by atoms with E-state index in [1.54, 1.807) is 0 Å². The number of hydrogen-bond donors (Lipinski definition) is 2. The van der Waals surface area contributed by atoms with Crippen LogP contribution in [0.15, 0.2) is 12.1 Å². The van der Waals surface area contributed by atoms with Crippen LogP contribution < -0.4 is 5.73 Å². The van der Waals surface area contributed by atoms with Crippen LogP contribution in [0.25, 0.3) is 0 Å². The van der Waals surface area contributed by atoms with Crippen LogP contribution in [-0.4, -0.2) is 18.3 Å². The van der Waals surface area contributed by atoms with E-state index in [1.807, 2.05) is 11.3 Å². The van der Waals surface area contributed by atoms with Crippen molar-refractivity contribution in [3.05, 3.63) is 21.9 Å². The molecule has 0 aromatic carbocycles. The molecule has 0 aliphatic rings. The molecule has 0 bridgehead atoms. The maximum Gasteiger partial charge on any atom is 0.0471 e. The van der Waals surface area contributed by atoms with E-state index < -0.39 is 0 Å². The van der Waals surface area contributed by atoms with Crippen molar-refractivity contribution in [2.75, 3.05) is 13.2 Å². The number of thiophene rings is 1. The summed E-state index contributed by atoms with van der Waals surface area (Å²) in [7, 11) is 0. The van der Waals surface area contributed by atoms with Crippen molar-refractivity contribution in [1.82, 2.24) is 0 Å². The second kappa shape index (κ2) is 7.05. The van der Waals surface area contributed by atoms with Crippen molar-refractivity contribution >= 4 is 11.3 Å². The highest BCUT2D eigenvalue weighted by Crippen LogP contribution is 2.22. The van der Waals surface area contributed by atoms with Gasteiger partial charge in [0, 0.05) is 16.4 Å². The van der Waals surface area contributed by atoms with Gasteiger partial charge in [0.1, 0.15) is 0 Å². The van der Waals surface area contributed by atoms with Crippen LogP contribution >= 0.6 is 11.3 Å². The SMILES string of the molecule is CC(C)Cc1ccc(CCC(CN)CO)s1. The quantitative estimate of drug-likeness (QED) is 0.770. The monoisotopic (exact) mass is 241 g/mol. The topological polar surface area (TPSA) is 46.2 Å². The molecule has 0 aliphatic heterocycles. The van der Waals surface area contributed by atoms with Crippen molar-refractivity contribution in [2.45, 2.75) is 33.1 Å². The Morgan fingerprint density at radius 2 is 2.00 bits per heavy atom. The molecule has 92 valence electrons. The Morgan fingerprint density at radius 3 is 2.56 bits per heavy atom. The Labute approximate surface area is 102 Å².